The van der Waals surface area contributed by atoms with Crippen LogP contribution in [0.2, 0.25) is 19.6 Å². The van der Waals surface area contributed by atoms with Gasteiger partial charge in [0, 0.05) is 5.69 Å². The van der Waals surface area contributed by atoms with Gasteiger partial charge < -0.3 is 0 Å². The molecule has 0 saturated carbocycles. The molecule has 0 aliphatic heterocycles. The Bertz CT molecular complexity index is 92.1. The van der Waals surface area contributed by atoms with Crippen molar-refractivity contribution in [3.63, 3.8) is 0 Å². The van der Waals surface area contributed by atoms with Crippen molar-refractivity contribution >= 4 is 31.3 Å². The van der Waals surface area contributed by atoms with Gasteiger partial charge in [-0.2, -0.15) is 0 Å². The minimum Gasteiger partial charge on any atom is -0.207 e. The van der Waals surface area contributed by atoms with Gasteiger partial charge in [0.05, 0.1) is 5.34 Å². The molecule has 9 heavy (non-hydrogen) atoms. The van der Waals surface area contributed by atoms with Gasteiger partial charge >= 0.3 is 0 Å². The fourth-order valence-electron chi connectivity index (χ4n) is 0. The lowest BCUT2D eigenvalue weighted by molar-refractivity contribution is 1.53. The van der Waals surface area contributed by atoms with Gasteiger partial charge in [-0.05, 0) is 0 Å². The zero-order chi connectivity index (χ0) is 7.91. The normalized spacial score (nSPS) is 8.89. The first-order valence-corrected chi connectivity index (χ1v) is 7.08. The van der Waals surface area contributed by atoms with Gasteiger partial charge in [0.2, 0.25) is 0 Å². The van der Waals surface area contributed by atoms with E-state index in [1.165, 1.54) is 0 Å². The highest BCUT2D eigenvalue weighted by molar-refractivity contribution is 6.83. The summed E-state index contributed by atoms with van der Waals surface area (Å²) in [7, 11) is -1.33. The molecule has 0 saturated heterocycles. The number of nitriles is 1. The lowest BCUT2D eigenvalue weighted by atomic mass is 11.7. The van der Waals surface area contributed by atoms with Crippen molar-refractivity contribution in [2.24, 2.45) is 0 Å². The van der Waals surface area contributed by atoms with Gasteiger partial charge in [-0.25, -0.2) is 5.26 Å². The Hall–Kier alpha value is 0.287. The van der Waals surface area contributed by atoms with Gasteiger partial charge in [0.1, 0.15) is 0 Å². The van der Waals surface area contributed by atoms with Gasteiger partial charge in [-0.1, -0.05) is 19.6 Å². The van der Waals surface area contributed by atoms with Crippen LogP contribution in [0.25, 0.3) is 0 Å². The van der Waals surface area contributed by atoms with Crippen LogP contribution >= 0.6 is 23.2 Å². The van der Waals surface area contributed by atoms with Crippen LogP contribution in [0.1, 0.15) is 0 Å². The number of alkyl halides is 2. The number of nitrogens with zero attached hydrogens (tertiary/aromatic N) is 1. The maximum absolute atomic E-state index is 8.21. The average molecular weight is 184 g/mol. The minimum absolute atomic E-state index is 0.194. The molecule has 0 unspecified atom stereocenters. The van der Waals surface area contributed by atoms with E-state index >= 15 is 0 Å². The van der Waals surface area contributed by atoms with Crippen LogP contribution < -0.4 is 0 Å². The average Bonchev–Trinajstić information content (AvgIpc) is 1.67. The van der Waals surface area contributed by atoms with Crippen LogP contribution in [0.3, 0.4) is 0 Å². The SMILES string of the molecule is C[Si](C)(C)C#N.ClCCl. The molecule has 0 atom stereocenters. The minimum atomic E-state index is -1.33. The van der Waals surface area contributed by atoms with E-state index in [0.29, 0.717) is 0 Å². The molecule has 0 N–H and O–H groups in total. The first kappa shape index (κ1) is 12.0. The van der Waals surface area contributed by atoms with Crippen molar-refractivity contribution in [2.45, 2.75) is 19.6 Å². The molecular weight excluding hydrogens is 173 g/mol. The van der Waals surface area contributed by atoms with E-state index in [2.05, 4.69) is 5.69 Å². The summed E-state index contributed by atoms with van der Waals surface area (Å²) < 4.78 is 0. The molecule has 0 aromatic heterocycles. The van der Waals surface area contributed by atoms with Crippen molar-refractivity contribution in [1.29, 1.82) is 5.26 Å². The molecule has 0 radical (unpaired) electrons. The molecule has 0 amide bonds. The third-order valence-electron chi connectivity index (χ3n) is 0.335. The van der Waals surface area contributed by atoms with Crippen LogP contribution in [0.5, 0.6) is 0 Å². The monoisotopic (exact) mass is 183 g/mol. The molecular formula is C5H11Cl2NSi. The fraction of sp³-hybridized carbons (Fsp3) is 0.800. The molecule has 0 bridgehead atoms. The van der Waals surface area contributed by atoms with E-state index < -0.39 is 8.07 Å². The highest BCUT2D eigenvalue weighted by Gasteiger charge is 2.09. The Labute approximate surface area is 67.6 Å². The molecule has 0 aliphatic rings. The first-order chi connectivity index (χ1) is 3.97. The van der Waals surface area contributed by atoms with Gasteiger partial charge in [0.25, 0.3) is 0 Å². The van der Waals surface area contributed by atoms with Crippen LogP contribution in [0, 0.1) is 11.0 Å². The molecule has 0 aliphatic carbocycles. The van der Waals surface area contributed by atoms with Crippen molar-refractivity contribution in [1.82, 2.24) is 0 Å². The standard InChI is InChI=1S/C4H9NSi.CH2Cl2/c1-6(2,3)4-5;2-1-3/h1-3H3;1H2. The summed E-state index contributed by atoms with van der Waals surface area (Å²) in [4.78, 5) is 0. The summed E-state index contributed by atoms with van der Waals surface area (Å²) in [5.41, 5.74) is 2.24. The number of rotatable bonds is 0. The topological polar surface area (TPSA) is 23.8 Å². The Balaban J connectivity index is 0. The summed E-state index contributed by atoms with van der Waals surface area (Å²) in [5, 5.41) is 8.41. The van der Waals surface area contributed by atoms with E-state index in [-0.39, 0.29) is 5.34 Å². The van der Waals surface area contributed by atoms with Gasteiger partial charge in [-0.3, -0.25) is 0 Å². The van der Waals surface area contributed by atoms with Crippen LogP contribution in [-0.2, 0) is 0 Å². The van der Waals surface area contributed by atoms with Gasteiger partial charge in [0.15, 0.2) is 8.07 Å². The maximum atomic E-state index is 8.21. The summed E-state index contributed by atoms with van der Waals surface area (Å²) in [6.07, 6.45) is 0. The van der Waals surface area contributed by atoms with E-state index in [1.54, 1.807) is 0 Å². The van der Waals surface area contributed by atoms with Crippen LogP contribution in [-0.4, -0.2) is 13.4 Å². The molecule has 1 nitrogen and oxygen atoms in total. The zero-order valence-corrected chi connectivity index (χ0v) is 8.42. The van der Waals surface area contributed by atoms with Gasteiger partial charge in [-0.15, -0.1) is 23.2 Å². The highest BCUT2D eigenvalue weighted by Crippen LogP contribution is 1.94. The van der Waals surface area contributed by atoms with Crippen LogP contribution in [0.4, 0.5) is 0 Å². The van der Waals surface area contributed by atoms with Crippen molar-refractivity contribution in [3.05, 3.63) is 0 Å². The third-order valence-corrected chi connectivity index (χ3v) is 1.01. The Morgan fingerprint density at radius 2 is 1.44 bits per heavy atom. The largest absolute Gasteiger partial charge is 0.207 e. The second kappa shape index (κ2) is 6.41. The molecule has 4 heteroatoms. The Morgan fingerprint density at radius 1 is 1.33 bits per heavy atom. The molecule has 0 fully saturated rings. The highest BCUT2D eigenvalue weighted by atomic mass is 35.5. The molecule has 54 valence electrons. The molecule has 0 spiro atoms. The van der Waals surface area contributed by atoms with E-state index in [1.807, 2.05) is 19.6 Å². The predicted molar refractivity (Wildman–Crippen MR) is 45.5 cm³/mol. The summed E-state index contributed by atoms with van der Waals surface area (Å²) >= 11 is 9.53. The summed E-state index contributed by atoms with van der Waals surface area (Å²) in [5.74, 6) is 0. The van der Waals surface area contributed by atoms with Crippen LogP contribution in [0.15, 0.2) is 0 Å². The summed E-state index contributed by atoms with van der Waals surface area (Å²) in [6.45, 7) is 6.06. The van der Waals surface area contributed by atoms with Crippen molar-refractivity contribution < 1.29 is 0 Å². The van der Waals surface area contributed by atoms with Crippen molar-refractivity contribution in [3.8, 4) is 5.69 Å². The fourth-order valence-corrected chi connectivity index (χ4v) is 0. The lowest BCUT2D eigenvalue weighted by Crippen LogP contribution is -2.15. The molecule has 0 rings (SSSR count). The van der Waals surface area contributed by atoms with Crippen molar-refractivity contribution in [2.75, 3.05) is 5.34 Å². The van der Waals surface area contributed by atoms with E-state index in [4.69, 9.17) is 28.5 Å². The van der Waals surface area contributed by atoms with E-state index in [9.17, 15) is 0 Å². The zero-order valence-electron chi connectivity index (χ0n) is 5.91. The number of hydrogen-bond donors (Lipinski definition) is 0. The summed E-state index contributed by atoms with van der Waals surface area (Å²) in [6, 6.07) is 0. The number of halogens is 2. The Morgan fingerprint density at radius 3 is 1.44 bits per heavy atom. The maximum Gasteiger partial charge on any atom is 0.164 e. The second-order valence-corrected chi connectivity index (χ2v) is 7.99. The predicted octanol–water partition coefficient (Wildman–Crippen LogP) is 2.81. The number of hydrogen-bond acceptors (Lipinski definition) is 1. The quantitative estimate of drug-likeness (QED) is 0.419. The smallest absolute Gasteiger partial charge is 0.164 e. The molecule has 0 heterocycles. The second-order valence-electron chi connectivity index (χ2n) is 2.46. The van der Waals surface area contributed by atoms with E-state index in [0.717, 1.165) is 0 Å². The molecule has 0 aromatic rings. The Kier molecular flexibility index (Phi) is 8.55. The lowest BCUT2D eigenvalue weighted by Gasteiger charge is -1.96. The first-order valence-electron chi connectivity index (χ1n) is 2.51. The molecule has 0 aromatic carbocycles. The third kappa shape index (κ3) is 30.3.